The molecule has 1 heterocycles. The van der Waals surface area contributed by atoms with Crippen LogP contribution < -0.4 is 10.2 Å². The van der Waals surface area contributed by atoms with Gasteiger partial charge in [-0.3, -0.25) is 9.59 Å². The molecule has 0 saturated heterocycles. The first-order chi connectivity index (χ1) is 17.9. The van der Waals surface area contributed by atoms with Gasteiger partial charge in [-0.15, -0.1) is 0 Å². The maximum absolute atomic E-state index is 13.5. The van der Waals surface area contributed by atoms with Crippen LogP contribution in [0.2, 0.25) is 5.02 Å². The van der Waals surface area contributed by atoms with Gasteiger partial charge in [0.1, 0.15) is 10.6 Å². The lowest BCUT2D eigenvalue weighted by atomic mass is 10.2. The zero-order chi connectivity index (χ0) is 27.6. The molecular formula is C27H20ClF3N2O4S. The molecule has 0 bridgehead atoms. The minimum absolute atomic E-state index is 0.0150. The van der Waals surface area contributed by atoms with Crippen molar-refractivity contribution in [3.63, 3.8) is 0 Å². The minimum Gasteiger partial charge on any atom is -0.459 e. The zero-order valence-corrected chi connectivity index (χ0v) is 21.6. The van der Waals surface area contributed by atoms with Crippen LogP contribution >= 0.6 is 23.4 Å². The molecule has 0 fully saturated rings. The summed E-state index contributed by atoms with van der Waals surface area (Å²) in [5.41, 5.74) is -0.701. The number of hydrogen-bond donors (Lipinski definition) is 1. The Morgan fingerprint density at radius 1 is 0.974 bits per heavy atom. The predicted octanol–water partition coefficient (Wildman–Crippen LogP) is 6.91. The summed E-state index contributed by atoms with van der Waals surface area (Å²) in [5, 5.41) is 3.18. The van der Waals surface area contributed by atoms with Gasteiger partial charge in [-0.1, -0.05) is 29.4 Å². The van der Waals surface area contributed by atoms with Crippen molar-refractivity contribution in [2.45, 2.75) is 31.0 Å². The van der Waals surface area contributed by atoms with E-state index in [2.05, 4.69) is 5.32 Å². The fraction of sp³-hybridized carbons (Fsp3) is 0.148. The van der Waals surface area contributed by atoms with Gasteiger partial charge in [0.25, 0.3) is 11.8 Å². The number of nitrogens with one attached hydrogen (secondary N) is 1. The van der Waals surface area contributed by atoms with E-state index < -0.39 is 29.5 Å². The second-order valence-electron chi connectivity index (χ2n) is 8.41. The minimum atomic E-state index is -4.59. The van der Waals surface area contributed by atoms with Crippen molar-refractivity contribution in [2.24, 2.45) is 0 Å². The van der Waals surface area contributed by atoms with Gasteiger partial charge < -0.3 is 10.1 Å². The summed E-state index contributed by atoms with van der Waals surface area (Å²) in [6.45, 7) is 3.41. The highest BCUT2D eigenvalue weighted by Gasteiger charge is 2.40. The van der Waals surface area contributed by atoms with E-state index in [9.17, 15) is 27.6 Å². The second-order valence-corrected chi connectivity index (χ2v) is 9.93. The first kappa shape index (κ1) is 27.3. The molecule has 0 aliphatic carbocycles. The van der Waals surface area contributed by atoms with Gasteiger partial charge in [0.15, 0.2) is 0 Å². The number of carbonyl (C=O) groups is 3. The molecule has 1 N–H and O–H groups in total. The lowest BCUT2D eigenvalue weighted by Crippen LogP contribution is -2.32. The number of rotatable bonds is 7. The summed E-state index contributed by atoms with van der Waals surface area (Å²) in [6, 6.07) is 16.5. The van der Waals surface area contributed by atoms with E-state index >= 15 is 0 Å². The number of anilines is 2. The van der Waals surface area contributed by atoms with Crippen LogP contribution in [0.3, 0.4) is 0 Å². The Morgan fingerprint density at radius 3 is 2.24 bits per heavy atom. The molecule has 2 amide bonds. The number of nitrogens with zero attached hydrogens (tertiary/aromatic N) is 1. The van der Waals surface area contributed by atoms with Gasteiger partial charge in [0, 0.05) is 15.6 Å². The quantitative estimate of drug-likeness (QED) is 0.250. The fourth-order valence-electron chi connectivity index (χ4n) is 3.52. The molecule has 3 aromatic carbocycles. The molecule has 0 radical (unpaired) electrons. The molecule has 196 valence electrons. The van der Waals surface area contributed by atoms with Crippen LogP contribution in [0.4, 0.5) is 24.5 Å². The third kappa shape index (κ3) is 6.03. The molecule has 0 unspecified atom stereocenters. The normalized spacial score (nSPS) is 13.9. The van der Waals surface area contributed by atoms with Crippen LogP contribution in [0.15, 0.2) is 88.3 Å². The number of amides is 2. The summed E-state index contributed by atoms with van der Waals surface area (Å²) in [6.07, 6.45) is -4.92. The largest absolute Gasteiger partial charge is 0.459 e. The molecule has 0 aromatic heterocycles. The van der Waals surface area contributed by atoms with Crippen LogP contribution in [0.5, 0.6) is 0 Å². The van der Waals surface area contributed by atoms with E-state index in [1.54, 1.807) is 38.1 Å². The first-order valence-corrected chi connectivity index (χ1v) is 12.5. The molecule has 1 aliphatic rings. The third-order valence-corrected chi connectivity index (χ3v) is 6.58. The van der Waals surface area contributed by atoms with Crippen LogP contribution in [-0.4, -0.2) is 23.9 Å². The van der Waals surface area contributed by atoms with Crippen molar-refractivity contribution in [1.29, 1.82) is 0 Å². The SMILES string of the molecule is CC(C)OC(=O)c1ccc(N2C(=O)C(Nc3cccc(C(F)(F)F)c3)=C(Sc3ccc(Cl)cc3)C2=O)cc1. The summed E-state index contributed by atoms with van der Waals surface area (Å²) < 4.78 is 44.9. The van der Waals surface area contributed by atoms with Crippen molar-refractivity contribution < 1.29 is 32.3 Å². The molecule has 4 rings (SSSR count). The molecule has 0 saturated carbocycles. The smallest absolute Gasteiger partial charge is 0.416 e. The van der Waals surface area contributed by atoms with Crippen LogP contribution in [-0.2, 0) is 20.5 Å². The predicted molar refractivity (Wildman–Crippen MR) is 139 cm³/mol. The van der Waals surface area contributed by atoms with E-state index in [1.807, 2.05) is 0 Å². The van der Waals surface area contributed by atoms with Crippen LogP contribution in [0.25, 0.3) is 0 Å². The standard InChI is InChI=1S/C27H20ClF3N2O4S/c1-15(2)37-26(36)16-6-10-20(11-7-16)33-24(34)22(32-19-5-3-4-17(14-19)27(29,30)31)23(25(33)35)38-21-12-8-18(28)9-13-21/h3-15,32H,1-2H3. The molecule has 0 atom stereocenters. The highest BCUT2D eigenvalue weighted by molar-refractivity contribution is 8.04. The highest BCUT2D eigenvalue weighted by Crippen LogP contribution is 2.39. The molecule has 1 aliphatic heterocycles. The van der Waals surface area contributed by atoms with Gasteiger partial charge >= 0.3 is 12.1 Å². The monoisotopic (exact) mass is 560 g/mol. The summed E-state index contributed by atoms with van der Waals surface area (Å²) in [5.74, 6) is -2.00. The van der Waals surface area contributed by atoms with E-state index in [0.29, 0.717) is 9.92 Å². The second kappa shape index (κ2) is 10.9. The van der Waals surface area contributed by atoms with Crippen LogP contribution in [0.1, 0.15) is 29.8 Å². The number of thioether (sulfide) groups is 1. The molecule has 0 spiro atoms. The Labute approximate surface area is 225 Å². The maximum atomic E-state index is 13.5. The van der Waals surface area contributed by atoms with Crippen molar-refractivity contribution in [1.82, 2.24) is 0 Å². The first-order valence-electron chi connectivity index (χ1n) is 11.3. The molecule has 11 heteroatoms. The van der Waals surface area contributed by atoms with Crippen molar-refractivity contribution >= 4 is 52.5 Å². The summed E-state index contributed by atoms with van der Waals surface area (Å²) in [4.78, 5) is 40.6. The summed E-state index contributed by atoms with van der Waals surface area (Å²) >= 11 is 6.92. The van der Waals surface area contributed by atoms with Crippen molar-refractivity contribution in [2.75, 3.05) is 10.2 Å². The Balaban J connectivity index is 1.69. The van der Waals surface area contributed by atoms with Crippen LogP contribution in [0, 0.1) is 0 Å². The number of imide groups is 1. The van der Waals surface area contributed by atoms with Gasteiger partial charge in [-0.05, 0) is 80.6 Å². The molecule has 38 heavy (non-hydrogen) atoms. The van der Waals surface area contributed by atoms with Gasteiger partial charge in [0.2, 0.25) is 0 Å². The number of ether oxygens (including phenoxy) is 1. The Kier molecular flexibility index (Phi) is 7.84. The third-order valence-electron chi connectivity index (χ3n) is 5.24. The van der Waals surface area contributed by atoms with E-state index in [1.165, 1.54) is 36.4 Å². The van der Waals surface area contributed by atoms with E-state index in [0.717, 1.165) is 28.8 Å². The fourth-order valence-corrected chi connectivity index (χ4v) is 4.57. The Morgan fingerprint density at radius 2 is 1.63 bits per heavy atom. The zero-order valence-electron chi connectivity index (χ0n) is 20.0. The van der Waals surface area contributed by atoms with Crippen molar-refractivity contribution in [3.05, 3.63) is 99.5 Å². The molecule has 3 aromatic rings. The van der Waals surface area contributed by atoms with Gasteiger partial charge in [0.05, 0.1) is 22.9 Å². The summed E-state index contributed by atoms with van der Waals surface area (Å²) in [7, 11) is 0. The average molecular weight is 561 g/mol. The Bertz CT molecular complexity index is 1420. The Hall–Kier alpha value is -3.76. The number of hydrogen-bond acceptors (Lipinski definition) is 6. The number of halogens is 4. The number of carbonyl (C=O) groups excluding carboxylic acids is 3. The van der Waals surface area contributed by atoms with Gasteiger partial charge in [-0.25, -0.2) is 9.69 Å². The van der Waals surface area contributed by atoms with E-state index in [4.69, 9.17) is 16.3 Å². The number of alkyl halides is 3. The molecule has 6 nitrogen and oxygen atoms in total. The van der Waals surface area contributed by atoms with Crippen molar-refractivity contribution in [3.8, 4) is 0 Å². The average Bonchev–Trinajstić information content (AvgIpc) is 3.08. The lowest BCUT2D eigenvalue weighted by molar-refractivity contribution is -0.137. The number of benzene rings is 3. The van der Waals surface area contributed by atoms with E-state index in [-0.39, 0.29) is 33.6 Å². The maximum Gasteiger partial charge on any atom is 0.416 e. The number of esters is 1. The molecular weight excluding hydrogens is 541 g/mol. The van der Waals surface area contributed by atoms with Gasteiger partial charge in [-0.2, -0.15) is 13.2 Å². The lowest BCUT2D eigenvalue weighted by Gasteiger charge is -2.16. The topological polar surface area (TPSA) is 75.7 Å². The highest BCUT2D eigenvalue weighted by atomic mass is 35.5.